The van der Waals surface area contributed by atoms with E-state index < -0.39 is 0 Å². The summed E-state index contributed by atoms with van der Waals surface area (Å²) >= 11 is 0. The highest BCUT2D eigenvalue weighted by Gasteiger charge is 2.25. The minimum Gasteiger partial charge on any atom is -0.493 e. The highest BCUT2D eigenvalue weighted by Crippen LogP contribution is 2.33. The quantitative estimate of drug-likeness (QED) is 0.479. The lowest BCUT2D eigenvalue weighted by atomic mass is 9.80. The molecule has 2 aromatic carbocycles. The van der Waals surface area contributed by atoms with Gasteiger partial charge >= 0.3 is 0 Å². The van der Waals surface area contributed by atoms with E-state index in [4.69, 9.17) is 9.47 Å². The van der Waals surface area contributed by atoms with Gasteiger partial charge in [0.05, 0.1) is 14.2 Å². The maximum absolute atomic E-state index is 12.3. The van der Waals surface area contributed by atoms with Crippen molar-refractivity contribution in [2.75, 3.05) is 19.5 Å². The fourth-order valence-corrected chi connectivity index (χ4v) is 4.49. The van der Waals surface area contributed by atoms with Crippen LogP contribution >= 0.6 is 0 Å². The van der Waals surface area contributed by atoms with Crippen molar-refractivity contribution in [1.82, 2.24) is 0 Å². The van der Waals surface area contributed by atoms with Gasteiger partial charge in [-0.05, 0) is 75.1 Å². The van der Waals surface area contributed by atoms with Crippen molar-refractivity contribution < 1.29 is 19.1 Å². The number of benzene rings is 2. The number of amides is 1. The molecule has 1 aliphatic rings. The Bertz CT molecular complexity index is 929. The smallest absolute Gasteiger partial charge is 0.227 e. The number of carbonyl (C=O) groups is 2. The summed E-state index contributed by atoms with van der Waals surface area (Å²) in [5.41, 5.74) is 4.03. The van der Waals surface area contributed by atoms with E-state index in [-0.39, 0.29) is 17.6 Å². The van der Waals surface area contributed by atoms with Crippen molar-refractivity contribution >= 4 is 17.4 Å². The van der Waals surface area contributed by atoms with Crippen LogP contribution in [0.25, 0.3) is 0 Å². The van der Waals surface area contributed by atoms with Gasteiger partial charge in [-0.3, -0.25) is 9.59 Å². The number of anilines is 1. The van der Waals surface area contributed by atoms with E-state index in [1.807, 2.05) is 37.3 Å². The second-order valence-electron chi connectivity index (χ2n) is 8.70. The summed E-state index contributed by atoms with van der Waals surface area (Å²) in [5, 5.41) is 3.00. The number of ketones is 1. The first kappa shape index (κ1) is 26.4. The van der Waals surface area contributed by atoms with Crippen LogP contribution in [-0.4, -0.2) is 25.9 Å². The standard InChI is InChI=1S/C17H25NO3.C11H14O/c1-4-12-5-7-13(8-6-12)17(19)18-14-9-10-15(20-2)16(11-14)21-3;1-4-10-8(2)6-5-7-11(10)9(3)12/h9-13H,4-8H2,1-3H3,(H,18,19);5-7H,4H2,1-3H3. The topological polar surface area (TPSA) is 64.6 Å². The molecule has 0 atom stereocenters. The van der Waals surface area contributed by atoms with Gasteiger partial charge in [-0.2, -0.15) is 0 Å². The van der Waals surface area contributed by atoms with Crippen molar-refractivity contribution in [3.8, 4) is 11.5 Å². The number of hydrogen-bond acceptors (Lipinski definition) is 4. The molecule has 1 fully saturated rings. The number of Topliss-reactive ketones (excluding diaryl/α,β-unsaturated/α-hetero) is 1. The van der Waals surface area contributed by atoms with Gasteiger partial charge in [-0.25, -0.2) is 0 Å². The molecular formula is C28H39NO4. The highest BCUT2D eigenvalue weighted by atomic mass is 16.5. The summed E-state index contributed by atoms with van der Waals surface area (Å²) in [4.78, 5) is 23.5. The van der Waals surface area contributed by atoms with E-state index >= 15 is 0 Å². The molecule has 1 amide bonds. The summed E-state index contributed by atoms with van der Waals surface area (Å²) in [7, 11) is 3.19. The molecule has 180 valence electrons. The van der Waals surface area contributed by atoms with Crippen LogP contribution < -0.4 is 14.8 Å². The lowest BCUT2D eigenvalue weighted by Gasteiger charge is -2.27. The average molecular weight is 454 g/mol. The van der Waals surface area contributed by atoms with E-state index in [9.17, 15) is 9.59 Å². The second-order valence-corrected chi connectivity index (χ2v) is 8.70. The first-order chi connectivity index (χ1) is 15.8. The van der Waals surface area contributed by atoms with Crippen molar-refractivity contribution in [2.45, 2.75) is 66.2 Å². The van der Waals surface area contributed by atoms with Crippen LogP contribution in [0.5, 0.6) is 11.5 Å². The Balaban J connectivity index is 0.000000273. The molecule has 1 aliphatic carbocycles. The minimum atomic E-state index is 0.122. The Morgan fingerprint density at radius 1 is 0.970 bits per heavy atom. The van der Waals surface area contributed by atoms with Gasteiger partial charge < -0.3 is 14.8 Å². The minimum absolute atomic E-state index is 0.122. The van der Waals surface area contributed by atoms with E-state index in [1.165, 1.54) is 30.4 Å². The Morgan fingerprint density at radius 3 is 2.15 bits per heavy atom. The third-order valence-corrected chi connectivity index (χ3v) is 6.59. The zero-order chi connectivity index (χ0) is 24.4. The molecule has 0 radical (unpaired) electrons. The molecule has 5 nitrogen and oxygen atoms in total. The third kappa shape index (κ3) is 7.34. The molecule has 3 rings (SSSR count). The van der Waals surface area contributed by atoms with Crippen LogP contribution in [0.2, 0.25) is 0 Å². The fraction of sp³-hybridized carbons (Fsp3) is 0.500. The number of rotatable bonds is 7. The summed E-state index contributed by atoms with van der Waals surface area (Å²) in [6.07, 6.45) is 6.49. The van der Waals surface area contributed by atoms with E-state index in [2.05, 4.69) is 19.2 Å². The van der Waals surface area contributed by atoms with Gasteiger partial charge in [0.2, 0.25) is 5.91 Å². The molecule has 0 aliphatic heterocycles. The Morgan fingerprint density at radius 2 is 1.64 bits per heavy atom. The van der Waals surface area contributed by atoms with E-state index in [0.29, 0.717) is 11.5 Å². The fourth-order valence-electron chi connectivity index (χ4n) is 4.49. The number of aryl methyl sites for hydroxylation is 1. The summed E-state index contributed by atoms with van der Waals surface area (Å²) in [5.74, 6) is 2.52. The van der Waals surface area contributed by atoms with Gasteiger partial charge in [0.15, 0.2) is 17.3 Å². The normalized spacial score (nSPS) is 17.4. The summed E-state index contributed by atoms with van der Waals surface area (Å²) < 4.78 is 10.5. The van der Waals surface area contributed by atoms with Crippen molar-refractivity contribution in [3.63, 3.8) is 0 Å². The molecule has 1 saturated carbocycles. The summed E-state index contributed by atoms with van der Waals surface area (Å²) in [6, 6.07) is 11.3. The number of nitrogens with one attached hydrogen (secondary N) is 1. The third-order valence-electron chi connectivity index (χ3n) is 6.59. The van der Waals surface area contributed by atoms with E-state index in [0.717, 1.165) is 36.4 Å². The van der Waals surface area contributed by atoms with Crippen LogP contribution in [0, 0.1) is 18.8 Å². The number of carbonyl (C=O) groups excluding carboxylic acids is 2. The number of hydrogen-bond donors (Lipinski definition) is 1. The largest absolute Gasteiger partial charge is 0.493 e. The first-order valence-electron chi connectivity index (χ1n) is 12.0. The Hall–Kier alpha value is -2.82. The maximum Gasteiger partial charge on any atom is 0.227 e. The van der Waals surface area contributed by atoms with Crippen molar-refractivity contribution in [2.24, 2.45) is 11.8 Å². The second kappa shape index (κ2) is 13.0. The molecule has 0 saturated heterocycles. The number of methoxy groups -OCH3 is 2. The van der Waals surface area contributed by atoms with Crippen molar-refractivity contribution in [1.29, 1.82) is 0 Å². The molecule has 2 aromatic rings. The van der Waals surface area contributed by atoms with Gasteiger partial charge in [-0.1, -0.05) is 38.5 Å². The maximum atomic E-state index is 12.3. The van der Waals surface area contributed by atoms with Crippen LogP contribution in [0.1, 0.15) is 74.4 Å². The molecule has 1 N–H and O–H groups in total. The molecule has 0 heterocycles. The zero-order valence-electron chi connectivity index (χ0n) is 21.0. The van der Waals surface area contributed by atoms with Crippen LogP contribution in [0.4, 0.5) is 5.69 Å². The van der Waals surface area contributed by atoms with Crippen LogP contribution in [-0.2, 0) is 11.2 Å². The van der Waals surface area contributed by atoms with Gasteiger partial charge in [-0.15, -0.1) is 0 Å². The zero-order valence-corrected chi connectivity index (χ0v) is 21.0. The molecule has 5 heteroatoms. The molecule has 33 heavy (non-hydrogen) atoms. The Kier molecular flexibility index (Phi) is 10.4. The predicted octanol–water partition coefficient (Wildman–Crippen LogP) is 6.62. The van der Waals surface area contributed by atoms with E-state index in [1.54, 1.807) is 27.2 Å². The molecular weight excluding hydrogens is 414 g/mol. The lowest BCUT2D eigenvalue weighted by molar-refractivity contribution is -0.121. The monoisotopic (exact) mass is 453 g/mol. The van der Waals surface area contributed by atoms with Crippen LogP contribution in [0.3, 0.4) is 0 Å². The van der Waals surface area contributed by atoms with Gasteiger partial charge in [0, 0.05) is 23.2 Å². The van der Waals surface area contributed by atoms with Gasteiger partial charge in [0.1, 0.15) is 0 Å². The van der Waals surface area contributed by atoms with Gasteiger partial charge in [0.25, 0.3) is 0 Å². The molecule has 0 aromatic heterocycles. The summed E-state index contributed by atoms with van der Waals surface area (Å²) in [6.45, 7) is 7.97. The highest BCUT2D eigenvalue weighted by molar-refractivity contribution is 5.95. The molecule has 0 bridgehead atoms. The lowest BCUT2D eigenvalue weighted by Crippen LogP contribution is -2.27. The molecule has 0 unspecified atom stereocenters. The number of ether oxygens (including phenoxy) is 2. The van der Waals surface area contributed by atoms with Crippen molar-refractivity contribution in [3.05, 3.63) is 53.1 Å². The first-order valence-corrected chi connectivity index (χ1v) is 12.0. The van der Waals surface area contributed by atoms with Crippen LogP contribution in [0.15, 0.2) is 36.4 Å². The average Bonchev–Trinajstić information content (AvgIpc) is 2.84. The SMILES string of the molecule is CCC1CCC(C(=O)Nc2ccc(OC)c(OC)c2)CC1.CCc1c(C)cccc1C(C)=O. The molecule has 0 spiro atoms. The predicted molar refractivity (Wildman–Crippen MR) is 134 cm³/mol. The Labute approximate surface area is 198 Å².